The van der Waals surface area contributed by atoms with Gasteiger partial charge in [-0.05, 0) is 44.2 Å². The smallest absolute Gasteiger partial charge is 0.135 e. The summed E-state index contributed by atoms with van der Waals surface area (Å²) in [6.07, 6.45) is 5.40. The van der Waals surface area contributed by atoms with Crippen molar-refractivity contribution in [3.63, 3.8) is 0 Å². The zero-order valence-electron chi connectivity index (χ0n) is 15.5. The lowest BCUT2D eigenvalue weighted by molar-refractivity contribution is 0.414. The van der Waals surface area contributed by atoms with Crippen LogP contribution in [0.25, 0.3) is 33.1 Å². The largest absolute Gasteiger partial charge is 0.495 e. The summed E-state index contributed by atoms with van der Waals surface area (Å²) in [7, 11) is 1.65. The Balaban J connectivity index is 2.03. The quantitative estimate of drug-likeness (QED) is 0.535. The molecule has 0 aliphatic rings. The predicted molar refractivity (Wildman–Crippen MR) is 109 cm³/mol. The van der Waals surface area contributed by atoms with Crippen molar-refractivity contribution in [2.75, 3.05) is 7.11 Å². The van der Waals surface area contributed by atoms with Gasteiger partial charge in [0.05, 0.1) is 35.6 Å². The van der Waals surface area contributed by atoms with E-state index in [1.165, 1.54) is 0 Å². The second-order valence-electron chi connectivity index (χ2n) is 7.02. The van der Waals surface area contributed by atoms with Gasteiger partial charge in [0.2, 0.25) is 0 Å². The fourth-order valence-corrected chi connectivity index (χ4v) is 3.06. The maximum atomic E-state index is 6.07. The molecule has 0 atom stereocenters. The number of aromatic nitrogens is 3. The number of hydrogen-bond donors (Lipinski definition) is 2. The number of benzene rings is 1. The summed E-state index contributed by atoms with van der Waals surface area (Å²) in [5.41, 5.74) is 10.0. The van der Waals surface area contributed by atoms with Gasteiger partial charge in [-0.2, -0.15) is 0 Å². The first kappa shape index (κ1) is 17.1. The summed E-state index contributed by atoms with van der Waals surface area (Å²) in [5.74, 6) is 7.07. The molecule has 27 heavy (non-hydrogen) atoms. The molecular formula is C22H20N4O. The minimum atomic E-state index is -0.596. The molecule has 134 valence electrons. The van der Waals surface area contributed by atoms with Crippen LogP contribution in [-0.2, 0) is 0 Å². The number of fused-ring (bicyclic) bond motifs is 3. The Morgan fingerprint density at radius 3 is 2.70 bits per heavy atom. The minimum absolute atomic E-state index is 0.596. The van der Waals surface area contributed by atoms with Crippen molar-refractivity contribution >= 4 is 21.8 Å². The van der Waals surface area contributed by atoms with Crippen molar-refractivity contribution in [3.05, 3.63) is 54.5 Å². The van der Waals surface area contributed by atoms with Gasteiger partial charge in [0.25, 0.3) is 0 Å². The maximum absolute atomic E-state index is 6.07. The lowest BCUT2D eigenvalue weighted by atomic mass is 10.0. The number of nitrogens with zero attached hydrogens (tertiary/aromatic N) is 2. The van der Waals surface area contributed by atoms with Crippen LogP contribution in [0.15, 0.2) is 48.9 Å². The van der Waals surface area contributed by atoms with Crippen LogP contribution in [0, 0.1) is 11.8 Å². The summed E-state index contributed by atoms with van der Waals surface area (Å²) >= 11 is 0. The van der Waals surface area contributed by atoms with Crippen LogP contribution in [0.2, 0.25) is 0 Å². The van der Waals surface area contributed by atoms with E-state index in [0.29, 0.717) is 0 Å². The number of nitrogens with one attached hydrogen (secondary N) is 1. The molecule has 0 unspecified atom stereocenters. The number of aromatic amines is 1. The first-order valence-electron chi connectivity index (χ1n) is 8.67. The van der Waals surface area contributed by atoms with Crippen LogP contribution < -0.4 is 10.5 Å². The molecule has 5 heteroatoms. The van der Waals surface area contributed by atoms with E-state index in [-0.39, 0.29) is 0 Å². The average Bonchev–Trinajstić information content (AvgIpc) is 3.04. The van der Waals surface area contributed by atoms with Crippen molar-refractivity contribution in [2.24, 2.45) is 5.73 Å². The topological polar surface area (TPSA) is 76.8 Å². The molecule has 0 saturated carbocycles. The Morgan fingerprint density at radius 2 is 2.00 bits per heavy atom. The third-order valence-electron chi connectivity index (χ3n) is 4.30. The van der Waals surface area contributed by atoms with Crippen molar-refractivity contribution in [3.8, 4) is 28.8 Å². The van der Waals surface area contributed by atoms with Crippen LogP contribution >= 0.6 is 0 Å². The van der Waals surface area contributed by atoms with Gasteiger partial charge in [0.15, 0.2) is 0 Å². The standard InChI is InChI=1S/C22H20N4O/c1-22(2,23)9-8-15-20(27-3)7-6-17-21(15)16-11-18(25-13-19(16)26-17)14-5-4-10-24-12-14/h4-7,10-13,26H,23H2,1-3H3. The molecule has 3 N–H and O–H groups in total. The molecule has 5 nitrogen and oxygen atoms in total. The number of pyridine rings is 2. The molecule has 0 radical (unpaired) electrons. The van der Waals surface area contributed by atoms with Crippen molar-refractivity contribution in [2.45, 2.75) is 19.4 Å². The van der Waals surface area contributed by atoms with Crippen LogP contribution in [0.3, 0.4) is 0 Å². The van der Waals surface area contributed by atoms with E-state index in [1.807, 2.05) is 44.3 Å². The first-order chi connectivity index (χ1) is 13.0. The zero-order chi connectivity index (χ0) is 19.0. The van der Waals surface area contributed by atoms with Crippen LogP contribution in [0.1, 0.15) is 19.4 Å². The van der Waals surface area contributed by atoms with Crippen LogP contribution in [0.5, 0.6) is 5.75 Å². The highest BCUT2D eigenvalue weighted by atomic mass is 16.5. The fraction of sp³-hybridized carbons (Fsp3) is 0.182. The number of hydrogen-bond acceptors (Lipinski definition) is 4. The summed E-state index contributed by atoms with van der Waals surface area (Å²) in [5, 5.41) is 2.05. The van der Waals surface area contributed by atoms with Gasteiger partial charge in [0.1, 0.15) is 5.75 Å². The second-order valence-corrected chi connectivity index (χ2v) is 7.02. The van der Waals surface area contributed by atoms with Crippen LogP contribution in [-0.4, -0.2) is 27.6 Å². The average molecular weight is 356 g/mol. The molecule has 4 rings (SSSR count). The van der Waals surface area contributed by atoms with Gasteiger partial charge >= 0.3 is 0 Å². The van der Waals surface area contributed by atoms with Crippen molar-refractivity contribution in [1.29, 1.82) is 0 Å². The zero-order valence-corrected chi connectivity index (χ0v) is 15.5. The molecule has 3 heterocycles. The lowest BCUT2D eigenvalue weighted by Crippen LogP contribution is -2.29. The van der Waals surface area contributed by atoms with Gasteiger partial charge in [-0.15, -0.1) is 0 Å². The van der Waals surface area contributed by atoms with Gasteiger partial charge in [-0.25, -0.2) is 0 Å². The van der Waals surface area contributed by atoms with E-state index in [9.17, 15) is 0 Å². The number of nitrogens with two attached hydrogens (primary N) is 1. The molecule has 0 saturated heterocycles. The molecule has 0 fully saturated rings. The van der Waals surface area contributed by atoms with E-state index >= 15 is 0 Å². The highest BCUT2D eigenvalue weighted by molar-refractivity contribution is 6.11. The molecule has 3 aromatic heterocycles. The predicted octanol–water partition coefficient (Wildman–Crippen LogP) is 3.88. The van der Waals surface area contributed by atoms with Gasteiger partial charge in [0, 0.05) is 34.2 Å². The molecule has 0 aliphatic heterocycles. The monoisotopic (exact) mass is 356 g/mol. The van der Waals surface area contributed by atoms with Crippen molar-refractivity contribution in [1.82, 2.24) is 15.0 Å². The Kier molecular flexibility index (Phi) is 4.06. The molecule has 1 aromatic carbocycles. The molecular weight excluding hydrogens is 336 g/mol. The Morgan fingerprint density at radius 1 is 1.15 bits per heavy atom. The molecule has 0 bridgehead atoms. The highest BCUT2D eigenvalue weighted by Crippen LogP contribution is 2.34. The van der Waals surface area contributed by atoms with Crippen LogP contribution in [0.4, 0.5) is 0 Å². The second kappa shape index (κ2) is 6.42. The molecule has 4 aromatic rings. The highest BCUT2D eigenvalue weighted by Gasteiger charge is 2.15. The molecule has 0 amide bonds. The summed E-state index contributed by atoms with van der Waals surface area (Å²) in [4.78, 5) is 12.2. The van der Waals surface area contributed by atoms with Gasteiger partial charge in [-0.1, -0.05) is 11.8 Å². The lowest BCUT2D eigenvalue weighted by Gasteiger charge is -2.09. The Hall–Kier alpha value is -3.36. The molecule has 0 spiro atoms. The summed E-state index contributed by atoms with van der Waals surface area (Å²) in [6, 6.07) is 9.87. The molecule has 0 aliphatic carbocycles. The maximum Gasteiger partial charge on any atom is 0.135 e. The SMILES string of the molecule is COc1ccc2[nH]c3cnc(-c4cccnc4)cc3c2c1C#CC(C)(C)N. The number of H-pyrrole nitrogens is 1. The van der Waals surface area contributed by atoms with Gasteiger partial charge < -0.3 is 15.5 Å². The number of methoxy groups -OCH3 is 1. The first-order valence-corrected chi connectivity index (χ1v) is 8.67. The van der Waals surface area contributed by atoms with E-state index in [4.69, 9.17) is 10.5 Å². The van der Waals surface area contributed by atoms with E-state index in [2.05, 4.69) is 32.9 Å². The third-order valence-corrected chi connectivity index (χ3v) is 4.30. The number of rotatable bonds is 2. The Bertz CT molecular complexity index is 1190. The summed E-state index contributed by atoms with van der Waals surface area (Å²) in [6.45, 7) is 3.76. The Labute approximate surface area is 157 Å². The number of ether oxygens (including phenoxy) is 1. The summed E-state index contributed by atoms with van der Waals surface area (Å²) < 4.78 is 5.57. The van der Waals surface area contributed by atoms with E-state index < -0.39 is 5.54 Å². The van der Waals surface area contributed by atoms with Gasteiger partial charge in [-0.3, -0.25) is 9.97 Å². The third kappa shape index (κ3) is 3.23. The van der Waals surface area contributed by atoms with E-state index in [0.717, 1.165) is 44.4 Å². The van der Waals surface area contributed by atoms with Crippen molar-refractivity contribution < 1.29 is 4.74 Å². The van der Waals surface area contributed by atoms with E-state index in [1.54, 1.807) is 19.5 Å². The fourth-order valence-electron chi connectivity index (χ4n) is 3.06. The minimum Gasteiger partial charge on any atom is -0.495 e. The normalized spacial score (nSPS) is 11.4.